The fraction of sp³-hybridized carbons (Fsp3) is 0.947. The highest BCUT2D eigenvalue weighted by Crippen LogP contribution is 2.39. The number of ether oxygens (including phenoxy) is 6. The quantitative estimate of drug-likeness (QED) is 0.0254. The van der Waals surface area contributed by atoms with E-state index in [-0.39, 0.29) is 31.1 Å². The van der Waals surface area contributed by atoms with Crippen molar-refractivity contribution in [1.29, 1.82) is 0 Å². The van der Waals surface area contributed by atoms with Crippen molar-refractivity contribution in [2.24, 2.45) is 0 Å². The Morgan fingerprint density at radius 3 is 1.00 bits per heavy atom. The molecule has 7 unspecified atom stereocenters. The van der Waals surface area contributed by atoms with Gasteiger partial charge in [0.1, 0.15) is 6.10 Å². The van der Waals surface area contributed by atoms with Crippen LogP contribution in [-0.2, 0) is 42.8 Å². The van der Waals surface area contributed by atoms with Crippen LogP contribution >= 0.6 is 0 Å². The molecule has 0 radical (unpaired) electrons. The van der Waals surface area contributed by atoms with Gasteiger partial charge in [-0.3, -0.25) is 14.4 Å². The molecule has 0 aromatic carbocycles. The zero-order valence-electron chi connectivity index (χ0n) is 43.3. The molecule has 0 saturated carbocycles. The lowest BCUT2D eigenvalue weighted by atomic mass is 10.0. The number of esters is 3. The molecule has 0 bridgehead atoms. The minimum absolute atomic E-state index is 0.184. The molecule has 9 nitrogen and oxygen atoms in total. The molecule has 3 rings (SSSR count). The highest BCUT2D eigenvalue weighted by molar-refractivity contribution is 5.70. The van der Waals surface area contributed by atoms with Gasteiger partial charge in [0.2, 0.25) is 0 Å². The van der Waals surface area contributed by atoms with E-state index in [1.54, 1.807) is 0 Å². The maximum Gasteiger partial charge on any atom is 0.306 e. The number of carbonyl (C=O) groups is 3. The smallest absolute Gasteiger partial charge is 0.306 e. The summed E-state index contributed by atoms with van der Waals surface area (Å²) in [6.45, 7) is 7.18. The third kappa shape index (κ3) is 32.9. The van der Waals surface area contributed by atoms with Gasteiger partial charge in [0.25, 0.3) is 0 Å². The Bertz CT molecular complexity index is 1180. The third-order valence-electron chi connectivity index (χ3n) is 14.4. The van der Waals surface area contributed by atoms with Gasteiger partial charge in [0.15, 0.2) is 0 Å². The Labute approximate surface area is 405 Å². The molecule has 66 heavy (non-hydrogen) atoms. The first-order valence-electron chi connectivity index (χ1n) is 28.9. The molecule has 3 fully saturated rings. The summed E-state index contributed by atoms with van der Waals surface area (Å²) in [5, 5.41) is 0. The molecule has 3 aliphatic rings. The molecule has 0 aromatic heterocycles. The van der Waals surface area contributed by atoms with Gasteiger partial charge in [-0.2, -0.15) is 0 Å². The van der Waals surface area contributed by atoms with E-state index in [9.17, 15) is 14.4 Å². The predicted molar refractivity (Wildman–Crippen MR) is 269 cm³/mol. The number of hydrogen-bond donors (Lipinski definition) is 0. The summed E-state index contributed by atoms with van der Waals surface area (Å²) in [6.07, 6.45) is 49.0. The average molecular weight is 933 g/mol. The summed E-state index contributed by atoms with van der Waals surface area (Å²) in [7, 11) is 0. The molecule has 0 aliphatic carbocycles. The molecule has 7 atom stereocenters. The Balaban J connectivity index is 1.20. The molecule has 0 amide bonds. The van der Waals surface area contributed by atoms with E-state index in [1.807, 2.05) is 0 Å². The van der Waals surface area contributed by atoms with Crippen molar-refractivity contribution in [3.05, 3.63) is 0 Å². The van der Waals surface area contributed by atoms with Crippen molar-refractivity contribution >= 4 is 17.9 Å². The van der Waals surface area contributed by atoms with Crippen LogP contribution in [0, 0.1) is 0 Å². The third-order valence-corrected chi connectivity index (χ3v) is 14.4. The van der Waals surface area contributed by atoms with E-state index in [1.165, 1.54) is 161 Å². The summed E-state index contributed by atoms with van der Waals surface area (Å²) < 4.78 is 34.7. The van der Waals surface area contributed by atoms with Crippen LogP contribution in [0.4, 0.5) is 0 Å². The topological polar surface area (TPSA) is 116 Å². The van der Waals surface area contributed by atoms with E-state index in [0.717, 1.165) is 77.0 Å². The van der Waals surface area contributed by atoms with Gasteiger partial charge >= 0.3 is 17.9 Å². The summed E-state index contributed by atoms with van der Waals surface area (Å²) in [4.78, 5) is 38.0. The van der Waals surface area contributed by atoms with E-state index >= 15 is 0 Å². The molecule has 3 heterocycles. The number of unbranched alkanes of at least 4 members (excludes halogenated alkanes) is 27. The highest BCUT2D eigenvalue weighted by Gasteiger charge is 2.47. The second-order valence-corrected chi connectivity index (χ2v) is 20.7. The summed E-state index contributed by atoms with van der Waals surface area (Å²) >= 11 is 0. The first kappa shape index (κ1) is 58.6. The van der Waals surface area contributed by atoms with Crippen molar-refractivity contribution in [2.75, 3.05) is 13.2 Å². The lowest BCUT2D eigenvalue weighted by Gasteiger charge is -2.18. The fourth-order valence-corrected chi connectivity index (χ4v) is 9.76. The van der Waals surface area contributed by atoms with Gasteiger partial charge in [0, 0.05) is 38.5 Å². The van der Waals surface area contributed by atoms with Gasteiger partial charge in [0.05, 0.1) is 49.8 Å². The predicted octanol–water partition coefficient (Wildman–Crippen LogP) is 15.7. The van der Waals surface area contributed by atoms with Crippen LogP contribution < -0.4 is 0 Å². The van der Waals surface area contributed by atoms with E-state index in [2.05, 4.69) is 20.8 Å². The van der Waals surface area contributed by atoms with Crippen LogP contribution in [0.15, 0.2) is 0 Å². The zero-order valence-corrected chi connectivity index (χ0v) is 43.3. The Kier molecular flexibility index (Phi) is 35.6. The van der Waals surface area contributed by atoms with Crippen LogP contribution in [0.5, 0.6) is 0 Å². The molecule has 0 aromatic rings. The Morgan fingerprint density at radius 1 is 0.348 bits per heavy atom. The number of hydrogen-bond acceptors (Lipinski definition) is 9. The lowest BCUT2D eigenvalue weighted by molar-refractivity contribution is -0.153. The van der Waals surface area contributed by atoms with Crippen molar-refractivity contribution in [1.82, 2.24) is 0 Å². The van der Waals surface area contributed by atoms with Gasteiger partial charge in [-0.05, 0) is 44.9 Å². The SMILES string of the molecule is CCCCCCCCCCCCCCCC(=O)OCCC(CCOC(=O)CCCCCCCC1OC1CC1OC1CCCCC)OC(=O)CCCCCCCC1OC1CCCCCCCC. The molecule has 9 heteroatoms. The van der Waals surface area contributed by atoms with E-state index in [0.29, 0.717) is 68.7 Å². The number of epoxide rings is 3. The van der Waals surface area contributed by atoms with Crippen LogP contribution in [0.25, 0.3) is 0 Å². The highest BCUT2D eigenvalue weighted by atomic mass is 16.6. The lowest BCUT2D eigenvalue weighted by Crippen LogP contribution is -2.23. The normalized spacial score (nSPS) is 21.1. The molecule has 0 spiro atoms. The van der Waals surface area contributed by atoms with Gasteiger partial charge in [-0.15, -0.1) is 0 Å². The number of carbonyl (C=O) groups excluding carboxylic acids is 3. The fourth-order valence-electron chi connectivity index (χ4n) is 9.76. The zero-order chi connectivity index (χ0) is 47.1. The van der Waals surface area contributed by atoms with Gasteiger partial charge in [-0.25, -0.2) is 0 Å². The van der Waals surface area contributed by atoms with Crippen molar-refractivity contribution in [3.63, 3.8) is 0 Å². The summed E-state index contributed by atoms with van der Waals surface area (Å²) in [5.74, 6) is -0.604. The van der Waals surface area contributed by atoms with E-state index < -0.39 is 6.10 Å². The minimum atomic E-state index is -0.448. The monoisotopic (exact) mass is 933 g/mol. The standard InChI is InChI=1S/C57H104O9/c1-4-7-10-12-14-15-16-17-18-19-20-26-33-40-55(58)61-45-43-48(63-57(60)42-35-28-22-24-31-38-50-49(64-50)37-30-23-13-11-8-5-2)44-46-62-56(59)41-34-27-21-25-32-39-52-54(66-52)47-53-51(65-53)36-29-9-6-3/h48-54H,4-47H2,1-3H3. The minimum Gasteiger partial charge on any atom is -0.466 e. The largest absolute Gasteiger partial charge is 0.466 e. The second kappa shape index (κ2) is 40.1. The Hall–Kier alpha value is -1.71. The van der Waals surface area contributed by atoms with Crippen molar-refractivity contribution < 1.29 is 42.8 Å². The van der Waals surface area contributed by atoms with Crippen LogP contribution in [0.1, 0.15) is 290 Å². The van der Waals surface area contributed by atoms with Gasteiger partial charge < -0.3 is 28.4 Å². The summed E-state index contributed by atoms with van der Waals surface area (Å²) in [5.41, 5.74) is 0. The maximum atomic E-state index is 12.9. The number of rotatable bonds is 50. The molecule has 3 saturated heterocycles. The molecular formula is C57H104O9. The molecule has 0 N–H and O–H groups in total. The Morgan fingerprint density at radius 2 is 0.621 bits per heavy atom. The van der Waals surface area contributed by atoms with Crippen LogP contribution in [-0.4, -0.2) is 73.8 Å². The van der Waals surface area contributed by atoms with Crippen molar-refractivity contribution in [2.45, 2.75) is 333 Å². The van der Waals surface area contributed by atoms with Crippen molar-refractivity contribution in [3.8, 4) is 0 Å². The van der Waals surface area contributed by atoms with Crippen LogP contribution in [0.2, 0.25) is 0 Å². The first-order valence-corrected chi connectivity index (χ1v) is 28.9. The second-order valence-electron chi connectivity index (χ2n) is 20.7. The molecular weight excluding hydrogens is 829 g/mol. The molecule has 3 aliphatic heterocycles. The maximum absolute atomic E-state index is 12.9. The first-order chi connectivity index (χ1) is 32.4. The van der Waals surface area contributed by atoms with Gasteiger partial charge in [-0.1, -0.05) is 207 Å². The van der Waals surface area contributed by atoms with E-state index in [4.69, 9.17) is 28.4 Å². The molecule has 386 valence electrons. The van der Waals surface area contributed by atoms with Crippen LogP contribution in [0.3, 0.4) is 0 Å². The average Bonchev–Trinajstić information content (AvgIpc) is 4.26. The summed E-state index contributed by atoms with van der Waals surface area (Å²) in [6, 6.07) is 0.